The molecule has 1 aliphatic rings. The quantitative estimate of drug-likeness (QED) is 0.847. The van der Waals surface area contributed by atoms with Crippen molar-refractivity contribution in [3.8, 4) is 0 Å². The molecule has 0 radical (unpaired) electrons. The highest BCUT2D eigenvalue weighted by molar-refractivity contribution is 7.85. The molecule has 16 heavy (non-hydrogen) atoms. The average Bonchev–Trinajstić information content (AvgIpc) is 2.61. The molecule has 2 rings (SSSR count). The summed E-state index contributed by atoms with van der Waals surface area (Å²) >= 11 is 0. The monoisotopic (exact) mass is 239 g/mol. The fourth-order valence-corrected chi connectivity index (χ4v) is 2.86. The van der Waals surface area contributed by atoms with Gasteiger partial charge in [0, 0.05) is 12.8 Å². The molecule has 0 spiro atoms. The third-order valence-corrected chi connectivity index (χ3v) is 3.84. The largest absolute Gasteiger partial charge is 0.478 e. The third kappa shape index (κ3) is 1.71. The molecular formula is C11H13NO3S. The minimum absolute atomic E-state index is 0.258. The van der Waals surface area contributed by atoms with Crippen LogP contribution in [0, 0.1) is 6.92 Å². The number of carbonyl (C=O) groups is 1. The van der Waals surface area contributed by atoms with Gasteiger partial charge in [0.05, 0.1) is 11.3 Å². The molecule has 0 fully saturated rings. The van der Waals surface area contributed by atoms with Crippen LogP contribution >= 0.6 is 0 Å². The lowest BCUT2D eigenvalue weighted by Gasteiger charge is -2.16. The Balaban J connectivity index is 2.56. The minimum Gasteiger partial charge on any atom is -0.478 e. The second-order valence-electron chi connectivity index (χ2n) is 3.87. The lowest BCUT2D eigenvalue weighted by atomic mass is 10.0. The normalized spacial score (nSPS) is 16.0. The van der Waals surface area contributed by atoms with Gasteiger partial charge in [0.2, 0.25) is 0 Å². The molecule has 0 saturated heterocycles. The van der Waals surface area contributed by atoms with E-state index in [0.717, 1.165) is 23.2 Å². The van der Waals surface area contributed by atoms with Crippen LogP contribution in [0.5, 0.6) is 0 Å². The van der Waals surface area contributed by atoms with Crippen LogP contribution in [0.25, 0.3) is 0 Å². The van der Waals surface area contributed by atoms with E-state index < -0.39 is 17.0 Å². The first-order chi connectivity index (χ1) is 7.50. The van der Waals surface area contributed by atoms with Crippen LogP contribution in [0.4, 0.5) is 5.69 Å². The molecule has 1 N–H and O–H groups in total. The van der Waals surface area contributed by atoms with Gasteiger partial charge in [-0.25, -0.2) is 9.00 Å². The number of hydrogen-bond acceptors (Lipinski definition) is 2. The Hall–Kier alpha value is -1.36. The van der Waals surface area contributed by atoms with Crippen molar-refractivity contribution < 1.29 is 14.1 Å². The van der Waals surface area contributed by atoms with Crippen molar-refractivity contribution >= 4 is 22.6 Å². The summed E-state index contributed by atoms with van der Waals surface area (Å²) in [5.41, 5.74) is 3.13. The van der Waals surface area contributed by atoms with E-state index in [1.807, 2.05) is 6.92 Å². The molecule has 0 saturated carbocycles. The van der Waals surface area contributed by atoms with Crippen LogP contribution in [0.3, 0.4) is 0 Å². The number of benzene rings is 1. The highest BCUT2D eigenvalue weighted by Crippen LogP contribution is 2.32. The Kier molecular flexibility index (Phi) is 2.71. The van der Waals surface area contributed by atoms with Crippen LogP contribution in [-0.4, -0.2) is 28.1 Å². The van der Waals surface area contributed by atoms with Gasteiger partial charge < -0.3 is 5.11 Å². The summed E-state index contributed by atoms with van der Waals surface area (Å²) in [6, 6.07) is 3.28. The fraction of sp³-hybridized carbons (Fsp3) is 0.364. The number of carboxylic acids is 1. The molecule has 0 aliphatic carbocycles. The Morgan fingerprint density at radius 3 is 2.75 bits per heavy atom. The summed E-state index contributed by atoms with van der Waals surface area (Å²) in [7, 11) is -1.09. The molecule has 1 aromatic rings. The van der Waals surface area contributed by atoms with Crippen LogP contribution in [0.15, 0.2) is 12.1 Å². The molecule has 1 heterocycles. The lowest BCUT2D eigenvalue weighted by Crippen LogP contribution is -2.22. The summed E-state index contributed by atoms with van der Waals surface area (Å²) in [4.78, 5) is 10.9. The molecule has 1 aromatic carbocycles. The molecule has 0 aromatic heterocycles. The van der Waals surface area contributed by atoms with E-state index >= 15 is 0 Å². The molecule has 1 aliphatic heterocycles. The molecule has 0 amide bonds. The maximum absolute atomic E-state index is 11.5. The first-order valence-corrected chi connectivity index (χ1v) is 6.50. The zero-order valence-electron chi connectivity index (χ0n) is 9.19. The number of rotatable bonds is 2. The van der Waals surface area contributed by atoms with Gasteiger partial charge in [0.1, 0.15) is 11.0 Å². The second kappa shape index (κ2) is 3.90. The van der Waals surface area contributed by atoms with E-state index in [4.69, 9.17) is 5.11 Å². The van der Waals surface area contributed by atoms with Crippen molar-refractivity contribution in [3.63, 3.8) is 0 Å². The van der Waals surface area contributed by atoms with Crippen LogP contribution < -0.4 is 4.31 Å². The zero-order valence-corrected chi connectivity index (χ0v) is 10.0. The SMILES string of the molecule is Cc1cc(C(=O)O)cc2c1CCN2S(C)=O. The highest BCUT2D eigenvalue weighted by atomic mass is 32.2. The van der Waals surface area contributed by atoms with Gasteiger partial charge in [-0.2, -0.15) is 0 Å². The van der Waals surface area contributed by atoms with Crippen molar-refractivity contribution in [2.24, 2.45) is 0 Å². The Labute approximate surface area is 96.5 Å². The fourth-order valence-electron chi connectivity index (χ4n) is 2.07. The number of aryl methyl sites for hydroxylation is 1. The first-order valence-electron chi connectivity index (χ1n) is 4.98. The number of hydrogen-bond donors (Lipinski definition) is 1. The van der Waals surface area contributed by atoms with Crippen LogP contribution in [0.2, 0.25) is 0 Å². The van der Waals surface area contributed by atoms with E-state index in [-0.39, 0.29) is 5.56 Å². The predicted octanol–water partition coefficient (Wildman–Crippen LogP) is 1.35. The summed E-state index contributed by atoms with van der Waals surface area (Å²) in [5, 5.41) is 8.97. The van der Waals surface area contributed by atoms with Crippen molar-refractivity contribution in [2.45, 2.75) is 13.3 Å². The maximum atomic E-state index is 11.5. The minimum atomic E-state index is -1.09. The van der Waals surface area contributed by atoms with Crippen molar-refractivity contribution in [2.75, 3.05) is 17.1 Å². The Morgan fingerprint density at radius 2 is 2.19 bits per heavy atom. The van der Waals surface area contributed by atoms with Gasteiger partial charge in [0.25, 0.3) is 0 Å². The second-order valence-corrected chi connectivity index (χ2v) is 5.16. The van der Waals surface area contributed by atoms with E-state index in [9.17, 15) is 9.00 Å². The average molecular weight is 239 g/mol. The van der Waals surface area contributed by atoms with Gasteiger partial charge in [-0.3, -0.25) is 4.31 Å². The van der Waals surface area contributed by atoms with Gasteiger partial charge >= 0.3 is 5.97 Å². The summed E-state index contributed by atoms with van der Waals surface area (Å²) in [6.07, 6.45) is 2.44. The van der Waals surface area contributed by atoms with E-state index in [1.54, 1.807) is 22.7 Å². The standard InChI is InChI=1S/C11H13NO3S/c1-7-5-8(11(13)14)6-10-9(7)3-4-12(10)16(2)15/h5-6H,3-4H2,1-2H3,(H,13,14). The molecule has 5 heteroatoms. The summed E-state index contributed by atoms with van der Waals surface area (Å²) in [5.74, 6) is -0.945. The Morgan fingerprint density at radius 1 is 1.50 bits per heavy atom. The molecular weight excluding hydrogens is 226 g/mol. The van der Waals surface area contributed by atoms with Gasteiger partial charge in [-0.1, -0.05) is 0 Å². The number of anilines is 1. The zero-order chi connectivity index (χ0) is 11.9. The molecule has 1 atom stereocenters. The van der Waals surface area contributed by atoms with E-state index in [2.05, 4.69) is 0 Å². The molecule has 4 nitrogen and oxygen atoms in total. The summed E-state index contributed by atoms with van der Waals surface area (Å²) < 4.78 is 13.2. The highest BCUT2D eigenvalue weighted by Gasteiger charge is 2.24. The van der Waals surface area contributed by atoms with Crippen molar-refractivity contribution in [3.05, 3.63) is 28.8 Å². The smallest absolute Gasteiger partial charge is 0.335 e. The van der Waals surface area contributed by atoms with Crippen molar-refractivity contribution in [1.82, 2.24) is 0 Å². The van der Waals surface area contributed by atoms with Gasteiger partial charge in [-0.15, -0.1) is 0 Å². The molecule has 86 valence electrons. The number of aromatic carboxylic acids is 1. The topological polar surface area (TPSA) is 57.6 Å². The lowest BCUT2D eigenvalue weighted by molar-refractivity contribution is 0.0697. The van der Waals surface area contributed by atoms with Gasteiger partial charge in [-0.05, 0) is 36.6 Å². The first kappa shape index (κ1) is 11.1. The van der Waals surface area contributed by atoms with E-state index in [0.29, 0.717) is 6.54 Å². The van der Waals surface area contributed by atoms with E-state index in [1.165, 1.54) is 0 Å². The Bertz CT molecular complexity index is 484. The maximum Gasteiger partial charge on any atom is 0.335 e. The molecule has 0 bridgehead atoms. The van der Waals surface area contributed by atoms with Crippen molar-refractivity contribution in [1.29, 1.82) is 0 Å². The number of carboxylic acid groups (broad SMARTS) is 1. The predicted molar refractivity (Wildman–Crippen MR) is 63.3 cm³/mol. The van der Waals surface area contributed by atoms with Crippen LogP contribution in [-0.2, 0) is 17.4 Å². The molecule has 1 unspecified atom stereocenters. The van der Waals surface area contributed by atoms with Crippen LogP contribution in [0.1, 0.15) is 21.5 Å². The van der Waals surface area contributed by atoms with Gasteiger partial charge in [0.15, 0.2) is 0 Å². The number of nitrogens with zero attached hydrogens (tertiary/aromatic N) is 1. The number of fused-ring (bicyclic) bond motifs is 1. The third-order valence-electron chi connectivity index (χ3n) is 2.84. The summed E-state index contributed by atoms with van der Waals surface area (Å²) in [6.45, 7) is 2.59.